The van der Waals surface area contributed by atoms with Crippen LogP contribution >= 0.6 is 0 Å². The number of hydrogen-bond acceptors (Lipinski definition) is 6. The molecule has 21 rings (SSSR count). The van der Waals surface area contributed by atoms with Gasteiger partial charge in [-0.3, -0.25) is 0 Å². The van der Waals surface area contributed by atoms with E-state index >= 15 is 0 Å². The highest BCUT2D eigenvalue weighted by Gasteiger charge is 2.39. The highest BCUT2D eigenvalue weighted by Crippen LogP contribution is 2.55. The summed E-state index contributed by atoms with van der Waals surface area (Å²) in [4.78, 5) is 30.6. The number of nitrogens with zero attached hydrogens (tertiary/aromatic N) is 8. The average molecular weight is 1410 g/mol. The molecule has 518 valence electrons. The lowest BCUT2D eigenvalue weighted by Gasteiger charge is -2.22. The number of hydrogen-bond donors (Lipinski definition) is 0. The highest BCUT2D eigenvalue weighted by atomic mass is 15.0. The van der Waals surface area contributed by atoms with E-state index in [4.69, 9.17) is 29.9 Å². The summed E-state index contributed by atoms with van der Waals surface area (Å²) < 4.78 is 4.83. The second-order valence-corrected chi connectivity index (χ2v) is 30.1. The summed E-state index contributed by atoms with van der Waals surface area (Å²) in [6, 6.07) is 127. The molecule has 0 atom stereocenters. The van der Waals surface area contributed by atoms with E-state index in [1.54, 1.807) is 0 Å². The van der Waals surface area contributed by atoms with Crippen molar-refractivity contribution in [2.45, 2.75) is 38.5 Å². The Hall–Kier alpha value is -14.1. The van der Waals surface area contributed by atoms with Crippen molar-refractivity contribution in [3.05, 3.63) is 374 Å². The Kier molecular flexibility index (Phi) is 14.8. The standard InChI is InChI=1S/C102H70N8/c1-101(2)85-38-22-36-77(73-32-21-33-74(58-73)99-105-95(65-24-9-5-10-25-65)103-96(106-99)66-26-11-6-12-27-66)93(85)80-54-46-71(61-87(80)101)69-48-56-91-83(59-69)78-34-17-19-40-89(78)109(91)75-50-42-63(43-51-75)64-44-52-76(53-45-64)110-90-41-20-18-35-79(90)84-60-70(49-57-92(84)110)72-47-55-81-88(62-72)102(3,4)86-39-23-37-82(94(81)86)100-107-97(67-28-13-7-14-29-67)104-98(108-100)68-30-15-8-16-31-68/h5-62H,1-4H3. The van der Waals surface area contributed by atoms with Crippen LogP contribution in [0.5, 0.6) is 0 Å². The first-order valence-corrected chi connectivity index (χ1v) is 37.7. The second kappa shape index (κ2) is 25.3. The molecule has 4 aromatic heterocycles. The molecule has 15 aromatic carbocycles. The Morgan fingerprint density at radius 3 is 0.945 bits per heavy atom. The molecule has 2 aliphatic carbocycles. The molecular formula is C102H70N8. The molecule has 0 fully saturated rings. The fraction of sp³-hybridized carbons (Fsp3) is 0.0588. The van der Waals surface area contributed by atoms with Gasteiger partial charge in [-0.25, -0.2) is 29.9 Å². The summed E-state index contributed by atoms with van der Waals surface area (Å²) in [7, 11) is 0. The summed E-state index contributed by atoms with van der Waals surface area (Å²) in [5.74, 6) is 3.89. The Labute approximate surface area is 637 Å². The van der Waals surface area contributed by atoms with Crippen LogP contribution in [0.15, 0.2) is 352 Å². The van der Waals surface area contributed by atoms with Crippen molar-refractivity contribution in [2.75, 3.05) is 0 Å². The third kappa shape index (κ3) is 10.5. The molecule has 110 heavy (non-hydrogen) atoms. The van der Waals surface area contributed by atoms with Crippen LogP contribution in [-0.2, 0) is 10.8 Å². The number of aromatic nitrogens is 8. The third-order valence-corrected chi connectivity index (χ3v) is 23.1. The summed E-state index contributed by atoms with van der Waals surface area (Å²) >= 11 is 0. The van der Waals surface area contributed by atoms with E-state index < -0.39 is 0 Å². The molecule has 0 spiro atoms. The Bertz CT molecular complexity index is 6800. The second-order valence-electron chi connectivity index (χ2n) is 30.1. The SMILES string of the molecule is CC1(C)c2cc(-c3ccc4c(c3)c3ccccc3n4-c3ccc(-c4ccc(-n5c6ccccc6c6cc(-c7ccc8c(c7)C(C)(C)c7cccc(-c9nc(-c%10ccccc%10)nc(-c%10ccccc%10)n9)c7-8)ccc65)cc4)cc3)ccc2-c2c(-c3cccc(-c4nc(-c5ccccc5)nc(-c5ccccc5)n4)c3)cccc21. The molecular weight excluding hydrogens is 1340 g/mol. The minimum Gasteiger partial charge on any atom is -0.309 e. The molecule has 0 aliphatic heterocycles. The van der Waals surface area contributed by atoms with Crippen molar-refractivity contribution in [2.24, 2.45) is 0 Å². The van der Waals surface area contributed by atoms with Gasteiger partial charge in [0.15, 0.2) is 34.9 Å². The smallest absolute Gasteiger partial charge is 0.164 e. The van der Waals surface area contributed by atoms with Crippen LogP contribution in [-0.4, -0.2) is 39.0 Å². The van der Waals surface area contributed by atoms with Gasteiger partial charge in [0.05, 0.1) is 22.1 Å². The Morgan fingerprint density at radius 1 is 0.191 bits per heavy atom. The number of fused-ring (bicyclic) bond motifs is 12. The lowest BCUT2D eigenvalue weighted by molar-refractivity contribution is 0.660. The average Bonchev–Trinajstić information content (AvgIpc) is 1.56. The zero-order valence-corrected chi connectivity index (χ0v) is 61.1. The monoisotopic (exact) mass is 1410 g/mol. The molecule has 0 radical (unpaired) electrons. The van der Waals surface area contributed by atoms with Crippen LogP contribution in [0.2, 0.25) is 0 Å². The van der Waals surface area contributed by atoms with Crippen LogP contribution in [0.3, 0.4) is 0 Å². The number of rotatable bonds is 12. The lowest BCUT2D eigenvalue weighted by atomic mass is 9.81. The molecule has 0 saturated carbocycles. The van der Waals surface area contributed by atoms with Crippen molar-refractivity contribution in [1.82, 2.24) is 39.0 Å². The van der Waals surface area contributed by atoms with Crippen LogP contribution < -0.4 is 0 Å². The van der Waals surface area contributed by atoms with E-state index in [0.29, 0.717) is 34.9 Å². The first-order valence-electron chi connectivity index (χ1n) is 37.7. The minimum absolute atomic E-state index is 0.250. The highest BCUT2D eigenvalue weighted by molar-refractivity contribution is 6.12. The van der Waals surface area contributed by atoms with Crippen LogP contribution in [0.25, 0.3) is 190 Å². The largest absolute Gasteiger partial charge is 0.309 e. The molecule has 0 N–H and O–H groups in total. The van der Waals surface area contributed by atoms with Gasteiger partial charge in [0.25, 0.3) is 0 Å². The molecule has 0 bridgehead atoms. The van der Waals surface area contributed by atoms with E-state index in [9.17, 15) is 0 Å². The first kappa shape index (κ1) is 64.3. The van der Waals surface area contributed by atoms with Crippen LogP contribution in [0.4, 0.5) is 0 Å². The van der Waals surface area contributed by atoms with Crippen molar-refractivity contribution < 1.29 is 0 Å². The number of para-hydroxylation sites is 2. The maximum Gasteiger partial charge on any atom is 0.164 e. The summed E-state index contributed by atoms with van der Waals surface area (Å²) in [5.41, 5.74) is 31.5. The van der Waals surface area contributed by atoms with Crippen molar-refractivity contribution in [1.29, 1.82) is 0 Å². The van der Waals surface area contributed by atoms with E-state index in [2.05, 4.69) is 316 Å². The van der Waals surface area contributed by atoms with E-state index in [1.165, 1.54) is 110 Å². The van der Waals surface area contributed by atoms with Crippen LogP contribution in [0.1, 0.15) is 49.9 Å². The predicted octanol–water partition coefficient (Wildman–Crippen LogP) is 25.5. The number of benzene rings is 15. The van der Waals surface area contributed by atoms with E-state index in [1.807, 2.05) is 72.8 Å². The molecule has 19 aromatic rings. The molecule has 4 heterocycles. The van der Waals surface area contributed by atoms with Gasteiger partial charge in [-0.2, -0.15) is 0 Å². The van der Waals surface area contributed by atoms with Gasteiger partial charge in [0, 0.05) is 77.1 Å². The maximum absolute atomic E-state index is 5.20. The fourth-order valence-electron chi connectivity index (χ4n) is 17.5. The summed E-state index contributed by atoms with van der Waals surface area (Å²) in [5, 5.41) is 4.87. The summed E-state index contributed by atoms with van der Waals surface area (Å²) in [6.45, 7) is 9.43. The third-order valence-electron chi connectivity index (χ3n) is 23.1. The van der Waals surface area contributed by atoms with Crippen molar-refractivity contribution in [3.63, 3.8) is 0 Å². The normalized spacial score (nSPS) is 13.1. The van der Waals surface area contributed by atoms with Gasteiger partial charge < -0.3 is 9.13 Å². The predicted molar refractivity (Wildman–Crippen MR) is 451 cm³/mol. The minimum atomic E-state index is -0.283. The van der Waals surface area contributed by atoms with E-state index in [0.717, 1.165) is 67.0 Å². The Balaban J connectivity index is 0.563. The molecule has 0 amide bonds. The van der Waals surface area contributed by atoms with Gasteiger partial charge in [0.2, 0.25) is 0 Å². The zero-order valence-electron chi connectivity index (χ0n) is 61.1. The molecule has 8 heteroatoms. The van der Waals surface area contributed by atoms with Crippen molar-refractivity contribution >= 4 is 43.6 Å². The van der Waals surface area contributed by atoms with E-state index in [-0.39, 0.29) is 10.8 Å². The van der Waals surface area contributed by atoms with Gasteiger partial charge in [-0.15, -0.1) is 0 Å². The molecule has 0 saturated heterocycles. The van der Waals surface area contributed by atoms with Gasteiger partial charge >= 0.3 is 0 Å². The molecule has 0 unspecified atom stereocenters. The van der Waals surface area contributed by atoms with Gasteiger partial charge in [-0.1, -0.05) is 301 Å². The van der Waals surface area contributed by atoms with Gasteiger partial charge in [-0.05, 0) is 168 Å². The van der Waals surface area contributed by atoms with Crippen molar-refractivity contribution in [3.8, 4) is 146 Å². The lowest BCUT2D eigenvalue weighted by Crippen LogP contribution is -2.15. The summed E-state index contributed by atoms with van der Waals surface area (Å²) in [6.07, 6.45) is 0. The quantitative estimate of drug-likeness (QED) is 0.121. The molecule has 2 aliphatic rings. The first-order chi connectivity index (χ1) is 54.0. The topological polar surface area (TPSA) is 87.2 Å². The maximum atomic E-state index is 5.20. The molecule has 8 nitrogen and oxygen atoms in total. The zero-order chi connectivity index (χ0) is 73.3. The van der Waals surface area contributed by atoms with Gasteiger partial charge in [0.1, 0.15) is 0 Å². The fourth-order valence-corrected chi connectivity index (χ4v) is 17.5. The van der Waals surface area contributed by atoms with Crippen LogP contribution in [0, 0.1) is 0 Å². The Morgan fingerprint density at radius 2 is 0.509 bits per heavy atom.